The predicted octanol–water partition coefficient (Wildman–Crippen LogP) is 1.52. The van der Waals surface area contributed by atoms with Crippen LogP contribution in [0.25, 0.3) is 11.3 Å². The van der Waals surface area contributed by atoms with Crippen LogP contribution in [0.15, 0.2) is 23.0 Å². The number of H-pyrrole nitrogens is 1. The van der Waals surface area contributed by atoms with Gasteiger partial charge in [-0.1, -0.05) is 6.07 Å². The minimum atomic E-state index is -0.257. The summed E-state index contributed by atoms with van der Waals surface area (Å²) >= 11 is 0. The molecule has 2 rings (SSSR count). The Hall–Kier alpha value is -2.14. The van der Waals surface area contributed by atoms with E-state index in [0.29, 0.717) is 11.3 Å². The molecule has 19 heavy (non-hydrogen) atoms. The second-order valence-corrected chi connectivity index (χ2v) is 4.47. The Balaban J connectivity index is 2.75. The van der Waals surface area contributed by atoms with Crippen molar-refractivity contribution in [3.05, 3.63) is 45.2 Å². The Morgan fingerprint density at radius 1 is 1.32 bits per heavy atom. The number of nitrogens with zero attached hydrogens (tertiary/aromatic N) is 1. The fraction of sp³-hybridized carbons (Fsp3) is 0.286. The van der Waals surface area contributed by atoms with Crippen LogP contribution in [0.1, 0.15) is 16.7 Å². The largest absolute Gasteiger partial charge is 0.496 e. The molecule has 0 saturated carbocycles. The topological polar surface area (TPSA) is 81.0 Å². The molecule has 1 aromatic heterocycles. The SMILES string of the molecule is COc1cc(C)cc(C)c1-c1n[nH]c(=O)cc1CN. The number of aromatic nitrogens is 2. The molecule has 0 aliphatic rings. The van der Waals surface area contributed by atoms with Crippen LogP contribution in [0, 0.1) is 13.8 Å². The van der Waals surface area contributed by atoms with Gasteiger partial charge in [-0.25, -0.2) is 5.10 Å². The third-order valence-electron chi connectivity index (χ3n) is 3.01. The minimum absolute atomic E-state index is 0.253. The Morgan fingerprint density at radius 2 is 2.05 bits per heavy atom. The highest BCUT2D eigenvalue weighted by Crippen LogP contribution is 2.34. The third kappa shape index (κ3) is 2.51. The molecule has 0 saturated heterocycles. The second-order valence-electron chi connectivity index (χ2n) is 4.47. The van der Waals surface area contributed by atoms with Gasteiger partial charge in [0.1, 0.15) is 5.75 Å². The van der Waals surface area contributed by atoms with Crippen molar-refractivity contribution < 1.29 is 4.74 Å². The van der Waals surface area contributed by atoms with Gasteiger partial charge in [-0.05, 0) is 36.6 Å². The average molecular weight is 259 g/mol. The van der Waals surface area contributed by atoms with Gasteiger partial charge in [-0.15, -0.1) is 0 Å². The van der Waals surface area contributed by atoms with Crippen molar-refractivity contribution in [1.29, 1.82) is 0 Å². The zero-order valence-electron chi connectivity index (χ0n) is 11.3. The summed E-state index contributed by atoms with van der Waals surface area (Å²) in [6, 6.07) is 5.46. The summed E-state index contributed by atoms with van der Waals surface area (Å²) in [4.78, 5) is 11.3. The zero-order valence-corrected chi connectivity index (χ0v) is 11.3. The van der Waals surface area contributed by atoms with E-state index in [1.165, 1.54) is 6.07 Å². The summed E-state index contributed by atoms with van der Waals surface area (Å²) in [5.74, 6) is 0.728. The van der Waals surface area contributed by atoms with Crippen LogP contribution in [-0.2, 0) is 6.54 Å². The van der Waals surface area contributed by atoms with E-state index in [4.69, 9.17) is 10.5 Å². The monoisotopic (exact) mass is 259 g/mol. The number of aromatic amines is 1. The van der Waals surface area contributed by atoms with Crippen LogP contribution in [0.2, 0.25) is 0 Å². The highest BCUT2D eigenvalue weighted by Gasteiger charge is 2.15. The lowest BCUT2D eigenvalue weighted by Gasteiger charge is -2.14. The van der Waals surface area contributed by atoms with E-state index in [-0.39, 0.29) is 12.1 Å². The number of aryl methyl sites for hydroxylation is 2. The fourth-order valence-electron chi connectivity index (χ4n) is 2.21. The molecule has 1 aromatic carbocycles. The van der Waals surface area contributed by atoms with E-state index in [2.05, 4.69) is 10.2 Å². The van der Waals surface area contributed by atoms with Crippen molar-refractivity contribution in [2.75, 3.05) is 7.11 Å². The van der Waals surface area contributed by atoms with Crippen LogP contribution < -0.4 is 16.0 Å². The van der Waals surface area contributed by atoms with Gasteiger partial charge in [-0.2, -0.15) is 5.10 Å². The molecule has 5 nitrogen and oxygen atoms in total. The molecule has 0 aliphatic carbocycles. The van der Waals surface area contributed by atoms with Gasteiger partial charge in [0, 0.05) is 18.2 Å². The second kappa shape index (κ2) is 5.24. The fourth-order valence-corrected chi connectivity index (χ4v) is 2.21. The quantitative estimate of drug-likeness (QED) is 0.875. The molecule has 2 aromatic rings. The Kier molecular flexibility index (Phi) is 3.66. The maximum absolute atomic E-state index is 11.3. The van der Waals surface area contributed by atoms with Gasteiger partial charge in [-0.3, -0.25) is 4.79 Å². The van der Waals surface area contributed by atoms with Gasteiger partial charge in [0.2, 0.25) is 0 Å². The van der Waals surface area contributed by atoms with Crippen LogP contribution in [0.5, 0.6) is 5.75 Å². The molecule has 0 unspecified atom stereocenters. The minimum Gasteiger partial charge on any atom is -0.496 e. The lowest BCUT2D eigenvalue weighted by atomic mass is 9.98. The maximum Gasteiger partial charge on any atom is 0.264 e. The van der Waals surface area contributed by atoms with E-state index in [1.54, 1.807) is 7.11 Å². The highest BCUT2D eigenvalue weighted by molar-refractivity contribution is 5.73. The number of rotatable bonds is 3. The van der Waals surface area contributed by atoms with Crippen LogP contribution in [0.4, 0.5) is 0 Å². The average Bonchev–Trinajstić information content (AvgIpc) is 2.38. The lowest BCUT2D eigenvalue weighted by Crippen LogP contribution is -2.13. The Labute approximate surface area is 111 Å². The van der Waals surface area contributed by atoms with E-state index < -0.39 is 0 Å². The summed E-state index contributed by atoms with van der Waals surface area (Å²) in [6.45, 7) is 4.24. The van der Waals surface area contributed by atoms with Crippen molar-refractivity contribution in [2.45, 2.75) is 20.4 Å². The zero-order chi connectivity index (χ0) is 14.0. The smallest absolute Gasteiger partial charge is 0.264 e. The number of methoxy groups -OCH3 is 1. The van der Waals surface area contributed by atoms with Gasteiger partial charge < -0.3 is 10.5 Å². The number of hydrogen-bond donors (Lipinski definition) is 2. The van der Waals surface area contributed by atoms with Crippen LogP contribution >= 0.6 is 0 Å². The molecular weight excluding hydrogens is 242 g/mol. The first kappa shape index (κ1) is 13.3. The molecule has 0 spiro atoms. The maximum atomic E-state index is 11.3. The molecule has 1 heterocycles. The summed E-state index contributed by atoms with van der Waals surface area (Å²) in [5, 5.41) is 6.57. The first-order chi connectivity index (χ1) is 9.06. The van der Waals surface area contributed by atoms with Crippen molar-refractivity contribution in [1.82, 2.24) is 10.2 Å². The number of benzene rings is 1. The number of ether oxygens (including phenoxy) is 1. The molecule has 3 N–H and O–H groups in total. The van der Waals surface area contributed by atoms with E-state index in [0.717, 1.165) is 22.4 Å². The molecule has 0 atom stereocenters. The normalized spacial score (nSPS) is 10.5. The van der Waals surface area contributed by atoms with Crippen molar-refractivity contribution in [3.63, 3.8) is 0 Å². The van der Waals surface area contributed by atoms with Gasteiger partial charge in [0.15, 0.2) is 0 Å². The third-order valence-corrected chi connectivity index (χ3v) is 3.01. The summed E-state index contributed by atoms with van der Waals surface area (Å²) in [6.07, 6.45) is 0. The summed E-state index contributed by atoms with van der Waals surface area (Å²) in [5.41, 5.74) is 9.81. The van der Waals surface area contributed by atoms with E-state index >= 15 is 0 Å². The first-order valence-corrected chi connectivity index (χ1v) is 6.01. The number of nitrogens with two attached hydrogens (primary N) is 1. The van der Waals surface area contributed by atoms with E-state index in [9.17, 15) is 4.79 Å². The molecular formula is C14H17N3O2. The first-order valence-electron chi connectivity index (χ1n) is 6.01. The summed E-state index contributed by atoms with van der Waals surface area (Å²) < 4.78 is 5.42. The summed E-state index contributed by atoms with van der Waals surface area (Å²) in [7, 11) is 1.62. The predicted molar refractivity (Wildman–Crippen MR) is 74.2 cm³/mol. The highest BCUT2D eigenvalue weighted by atomic mass is 16.5. The molecule has 100 valence electrons. The Morgan fingerprint density at radius 3 is 2.68 bits per heavy atom. The molecule has 0 aliphatic heterocycles. The van der Waals surface area contributed by atoms with Gasteiger partial charge in [0.05, 0.1) is 12.8 Å². The Bertz CT molecular complexity index is 662. The van der Waals surface area contributed by atoms with Crippen molar-refractivity contribution in [3.8, 4) is 17.0 Å². The molecule has 0 radical (unpaired) electrons. The molecule has 0 amide bonds. The van der Waals surface area contributed by atoms with Crippen LogP contribution in [0.3, 0.4) is 0 Å². The van der Waals surface area contributed by atoms with E-state index in [1.807, 2.05) is 26.0 Å². The van der Waals surface area contributed by atoms with Crippen molar-refractivity contribution >= 4 is 0 Å². The standard InChI is InChI=1S/C14H17N3O2/c1-8-4-9(2)13(11(5-8)19-3)14-10(7-15)6-12(18)16-17-14/h4-6H,7,15H2,1-3H3,(H,16,18). The molecule has 0 bridgehead atoms. The van der Waals surface area contributed by atoms with Crippen molar-refractivity contribution in [2.24, 2.45) is 5.73 Å². The molecule has 0 fully saturated rings. The number of nitrogens with one attached hydrogen (secondary N) is 1. The molecule has 5 heteroatoms. The van der Waals surface area contributed by atoms with Gasteiger partial charge >= 0.3 is 0 Å². The van der Waals surface area contributed by atoms with Gasteiger partial charge in [0.25, 0.3) is 5.56 Å². The number of hydrogen-bond acceptors (Lipinski definition) is 4. The lowest BCUT2D eigenvalue weighted by molar-refractivity contribution is 0.415. The van der Waals surface area contributed by atoms with Crippen LogP contribution in [-0.4, -0.2) is 17.3 Å².